The molecule has 1 N–H and O–H groups in total. The Morgan fingerprint density at radius 1 is 1.73 bits per heavy atom. The number of thioether (sulfide) groups is 1. The quantitative estimate of drug-likeness (QED) is 0.501. The molecular weight excluding hydrogens is 178 g/mol. The minimum Gasteiger partial charge on any atom is -0.307 e. The Morgan fingerprint density at radius 2 is 2.36 bits per heavy atom. The van der Waals surface area contributed by atoms with E-state index in [9.17, 15) is 4.79 Å². The first-order valence-corrected chi connectivity index (χ1v) is 4.60. The predicted octanol–water partition coefficient (Wildman–Crippen LogP) is 1.82. The van der Waals surface area contributed by atoms with Crippen LogP contribution in [0.15, 0.2) is 10.5 Å². The average Bonchev–Trinajstić information content (AvgIpc) is 2.28. The van der Waals surface area contributed by atoms with Gasteiger partial charge in [-0.1, -0.05) is 36.5 Å². The van der Waals surface area contributed by atoms with Crippen LogP contribution < -0.4 is 5.32 Å². The van der Waals surface area contributed by atoms with Gasteiger partial charge in [-0.2, -0.15) is 0 Å². The van der Waals surface area contributed by atoms with Crippen LogP contribution in [-0.4, -0.2) is 10.2 Å². The lowest BCUT2D eigenvalue weighted by Gasteiger charge is -1.96. The molecule has 0 aromatic carbocycles. The van der Waals surface area contributed by atoms with E-state index in [1.165, 1.54) is 11.8 Å². The van der Waals surface area contributed by atoms with E-state index in [2.05, 4.69) is 5.32 Å². The van der Waals surface area contributed by atoms with E-state index in [1.807, 2.05) is 13.8 Å². The van der Waals surface area contributed by atoms with Crippen LogP contribution in [0.25, 0.3) is 0 Å². The maximum absolute atomic E-state index is 11.1. The molecule has 0 unspecified atom stereocenters. The van der Waals surface area contributed by atoms with Gasteiger partial charge in [0.2, 0.25) is 0 Å². The number of nitrogens with one attached hydrogen (secondary N) is 1. The highest BCUT2D eigenvalue weighted by Gasteiger charge is 2.23. The van der Waals surface area contributed by atoms with Crippen LogP contribution in [0.3, 0.4) is 0 Å². The van der Waals surface area contributed by atoms with Gasteiger partial charge in [-0.15, -0.1) is 0 Å². The summed E-state index contributed by atoms with van der Waals surface area (Å²) in [6.45, 7) is 3.98. The van der Waals surface area contributed by atoms with Crippen LogP contribution in [0.2, 0.25) is 0 Å². The van der Waals surface area contributed by atoms with Crippen molar-refractivity contribution in [1.82, 2.24) is 5.32 Å². The Morgan fingerprint density at radius 3 is 2.73 bits per heavy atom. The van der Waals surface area contributed by atoms with Crippen molar-refractivity contribution in [2.45, 2.75) is 20.3 Å². The first-order chi connectivity index (χ1) is 5.15. The van der Waals surface area contributed by atoms with Gasteiger partial charge >= 0.3 is 0 Å². The summed E-state index contributed by atoms with van der Waals surface area (Å²) < 4.78 is 0.567. The zero-order valence-electron chi connectivity index (χ0n) is 6.43. The molecule has 11 heavy (non-hydrogen) atoms. The van der Waals surface area contributed by atoms with Crippen LogP contribution in [0.1, 0.15) is 20.3 Å². The van der Waals surface area contributed by atoms with E-state index in [1.54, 1.807) is 0 Å². The molecule has 0 bridgehead atoms. The smallest absolute Gasteiger partial charge is 0.263 e. The minimum atomic E-state index is -0.0423. The van der Waals surface area contributed by atoms with Crippen LogP contribution in [0.5, 0.6) is 0 Å². The molecule has 0 saturated carbocycles. The first kappa shape index (κ1) is 8.74. The lowest BCUT2D eigenvalue weighted by atomic mass is 10.2. The molecule has 1 aliphatic heterocycles. The second kappa shape index (κ2) is 3.36. The highest BCUT2D eigenvalue weighted by molar-refractivity contribution is 8.26. The zero-order chi connectivity index (χ0) is 8.43. The molecule has 1 saturated heterocycles. The van der Waals surface area contributed by atoms with Crippen molar-refractivity contribution in [3.05, 3.63) is 10.5 Å². The van der Waals surface area contributed by atoms with Gasteiger partial charge in [0.1, 0.15) is 4.32 Å². The molecule has 1 aliphatic rings. The third-order valence-corrected chi connectivity index (χ3v) is 2.91. The number of amides is 1. The summed E-state index contributed by atoms with van der Waals surface area (Å²) in [5, 5.41) is 2.58. The third-order valence-electron chi connectivity index (χ3n) is 1.53. The van der Waals surface area contributed by atoms with Gasteiger partial charge in [0, 0.05) is 0 Å². The zero-order valence-corrected chi connectivity index (χ0v) is 8.06. The predicted molar refractivity (Wildman–Crippen MR) is 51.3 cm³/mol. The van der Waals surface area contributed by atoms with Crippen molar-refractivity contribution in [2.75, 3.05) is 0 Å². The molecule has 1 rings (SSSR count). The highest BCUT2D eigenvalue weighted by Crippen LogP contribution is 2.27. The number of thiocarbonyl (C=S) groups is 1. The fourth-order valence-corrected chi connectivity index (χ4v) is 1.89. The number of rotatable bonds is 1. The Bertz CT molecular complexity index is 245. The number of allylic oxidation sites excluding steroid dienone is 1. The Balaban J connectivity index is 2.90. The molecule has 0 spiro atoms. The number of carbonyl (C=O) groups is 1. The molecule has 0 radical (unpaired) electrons. The van der Waals surface area contributed by atoms with Crippen molar-refractivity contribution in [1.29, 1.82) is 0 Å². The number of carbonyl (C=O) groups excluding carboxylic acids is 1. The third kappa shape index (κ3) is 1.81. The van der Waals surface area contributed by atoms with E-state index in [0.29, 0.717) is 4.32 Å². The molecule has 1 fully saturated rings. The lowest BCUT2D eigenvalue weighted by Crippen LogP contribution is -2.18. The molecule has 0 aliphatic carbocycles. The van der Waals surface area contributed by atoms with E-state index in [4.69, 9.17) is 12.2 Å². The summed E-state index contributed by atoms with van der Waals surface area (Å²) in [5.41, 5.74) is 1.10. The molecule has 0 aromatic heterocycles. The van der Waals surface area contributed by atoms with Crippen molar-refractivity contribution in [3.63, 3.8) is 0 Å². The van der Waals surface area contributed by atoms with Gasteiger partial charge in [0.15, 0.2) is 0 Å². The van der Waals surface area contributed by atoms with Crippen molar-refractivity contribution in [2.24, 2.45) is 0 Å². The topological polar surface area (TPSA) is 29.1 Å². The summed E-state index contributed by atoms with van der Waals surface area (Å²) in [7, 11) is 0. The van der Waals surface area contributed by atoms with Crippen molar-refractivity contribution < 1.29 is 4.79 Å². The Labute approximate surface area is 75.4 Å². The summed E-state index contributed by atoms with van der Waals surface area (Å²) in [4.78, 5) is 11.9. The fourth-order valence-electron chi connectivity index (χ4n) is 0.756. The maximum atomic E-state index is 11.1. The fraction of sp³-hybridized carbons (Fsp3) is 0.429. The van der Waals surface area contributed by atoms with Gasteiger partial charge in [-0.25, -0.2) is 0 Å². The highest BCUT2D eigenvalue weighted by atomic mass is 32.2. The Kier molecular flexibility index (Phi) is 2.67. The average molecular weight is 187 g/mol. The molecule has 0 aromatic rings. The van der Waals surface area contributed by atoms with Gasteiger partial charge in [0.05, 0.1) is 4.91 Å². The molecule has 1 heterocycles. The van der Waals surface area contributed by atoms with E-state index in [-0.39, 0.29) is 5.91 Å². The first-order valence-electron chi connectivity index (χ1n) is 3.38. The summed E-state index contributed by atoms with van der Waals surface area (Å²) in [5.74, 6) is -0.0423. The lowest BCUT2D eigenvalue weighted by molar-refractivity contribution is -0.115. The summed E-state index contributed by atoms with van der Waals surface area (Å²) in [6.07, 6.45) is 0.901. The molecule has 60 valence electrons. The van der Waals surface area contributed by atoms with Crippen LogP contribution >= 0.6 is 24.0 Å². The van der Waals surface area contributed by atoms with Crippen molar-refractivity contribution in [3.8, 4) is 0 Å². The molecular formula is C7H9NOS2. The molecule has 1 amide bonds. The second-order valence-corrected chi connectivity index (χ2v) is 3.99. The maximum Gasteiger partial charge on any atom is 0.263 e. The monoisotopic (exact) mass is 187 g/mol. The number of hydrogen-bond donors (Lipinski definition) is 1. The standard InChI is InChI=1S/C7H9NOS2/c1-3-4(2)5-6(9)8-7(10)11-5/h3H2,1-2H3,(H,8,9,10). The van der Waals surface area contributed by atoms with Crippen LogP contribution in [0, 0.1) is 0 Å². The number of hydrogen-bond acceptors (Lipinski definition) is 3. The summed E-state index contributed by atoms with van der Waals surface area (Å²) in [6, 6.07) is 0. The van der Waals surface area contributed by atoms with Gasteiger partial charge in [-0.3, -0.25) is 4.79 Å². The SMILES string of the molecule is CCC(C)=C1SC(=S)NC1=O. The molecule has 2 nitrogen and oxygen atoms in total. The molecule has 0 atom stereocenters. The van der Waals surface area contributed by atoms with Crippen LogP contribution in [-0.2, 0) is 4.79 Å². The normalized spacial score (nSPS) is 22.0. The van der Waals surface area contributed by atoms with Gasteiger partial charge < -0.3 is 5.32 Å². The van der Waals surface area contributed by atoms with E-state index >= 15 is 0 Å². The largest absolute Gasteiger partial charge is 0.307 e. The second-order valence-electron chi connectivity index (χ2n) is 2.31. The van der Waals surface area contributed by atoms with Crippen LogP contribution in [0.4, 0.5) is 0 Å². The van der Waals surface area contributed by atoms with E-state index < -0.39 is 0 Å². The van der Waals surface area contributed by atoms with Gasteiger partial charge in [-0.05, 0) is 13.3 Å². The Hall–Kier alpha value is -0.350. The van der Waals surface area contributed by atoms with Crippen molar-refractivity contribution >= 4 is 34.2 Å². The molecule has 4 heteroatoms. The summed E-state index contributed by atoms with van der Waals surface area (Å²) >= 11 is 6.19. The van der Waals surface area contributed by atoms with Gasteiger partial charge in [0.25, 0.3) is 5.91 Å². The van der Waals surface area contributed by atoms with E-state index in [0.717, 1.165) is 16.9 Å². The minimum absolute atomic E-state index is 0.0423.